The van der Waals surface area contributed by atoms with Crippen molar-refractivity contribution in [2.45, 2.75) is 57.7 Å². The number of hydrogen-bond acceptors (Lipinski definition) is 4. The molecule has 0 unspecified atom stereocenters. The minimum atomic E-state index is -3.90. The first-order chi connectivity index (χ1) is 17.0. The number of carbonyl (C=O) groups is 2. The highest BCUT2D eigenvalue weighted by Gasteiger charge is 2.32. The van der Waals surface area contributed by atoms with E-state index in [9.17, 15) is 18.0 Å². The van der Waals surface area contributed by atoms with Gasteiger partial charge in [-0.25, -0.2) is 8.42 Å². The van der Waals surface area contributed by atoms with Crippen molar-refractivity contribution in [1.29, 1.82) is 0 Å². The molecular weight excluding hydrogens is 589 g/mol. The first kappa shape index (κ1) is 28.8. The molecule has 36 heavy (non-hydrogen) atoms. The number of amides is 2. The quantitative estimate of drug-likeness (QED) is 0.408. The molecule has 2 amide bonds. The van der Waals surface area contributed by atoms with Crippen molar-refractivity contribution >= 4 is 66.7 Å². The van der Waals surface area contributed by atoms with Crippen LogP contribution in [0.25, 0.3) is 0 Å². The zero-order chi connectivity index (χ0) is 26.5. The summed E-state index contributed by atoms with van der Waals surface area (Å²) in [5.41, 5.74) is 0.892. The molecule has 0 spiro atoms. The molecule has 0 aliphatic heterocycles. The molecule has 0 radical (unpaired) electrons. The van der Waals surface area contributed by atoms with Gasteiger partial charge in [0.25, 0.3) is 0 Å². The maximum atomic E-state index is 13.6. The Balaban J connectivity index is 1.90. The Morgan fingerprint density at radius 2 is 1.81 bits per heavy atom. The summed E-state index contributed by atoms with van der Waals surface area (Å²) in [5, 5.41) is 3.49. The maximum absolute atomic E-state index is 13.6. The molecule has 196 valence electrons. The summed E-state index contributed by atoms with van der Waals surface area (Å²) in [6.45, 7) is 1.25. The van der Waals surface area contributed by atoms with Gasteiger partial charge in [0.2, 0.25) is 21.8 Å². The minimum Gasteiger partial charge on any atom is -0.352 e. The van der Waals surface area contributed by atoms with Crippen LogP contribution < -0.4 is 9.62 Å². The zero-order valence-corrected chi connectivity index (χ0v) is 24.1. The van der Waals surface area contributed by atoms with Crippen LogP contribution in [0, 0.1) is 0 Å². The Morgan fingerprint density at radius 1 is 1.11 bits per heavy atom. The van der Waals surface area contributed by atoms with Crippen LogP contribution in [0.15, 0.2) is 46.9 Å². The predicted octanol–water partition coefficient (Wildman–Crippen LogP) is 5.39. The summed E-state index contributed by atoms with van der Waals surface area (Å²) < 4.78 is 27.1. The van der Waals surface area contributed by atoms with Crippen LogP contribution in [-0.4, -0.2) is 50.0 Å². The van der Waals surface area contributed by atoms with Crippen molar-refractivity contribution in [2.75, 3.05) is 17.1 Å². The van der Waals surface area contributed by atoms with E-state index in [4.69, 9.17) is 23.2 Å². The van der Waals surface area contributed by atoms with Gasteiger partial charge in [-0.1, -0.05) is 70.5 Å². The summed E-state index contributed by atoms with van der Waals surface area (Å²) in [7, 11) is -3.90. The molecule has 0 bridgehead atoms. The van der Waals surface area contributed by atoms with Crippen molar-refractivity contribution in [3.05, 3.63) is 62.5 Å². The lowest BCUT2D eigenvalue weighted by molar-refractivity contribution is -0.139. The number of nitrogens with one attached hydrogen (secondary N) is 1. The Kier molecular flexibility index (Phi) is 10.1. The number of hydrogen-bond donors (Lipinski definition) is 1. The summed E-state index contributed by atoms with van der Waals surface area (Å²) in [6, 6.07) is 11.1. The molecule has 2 aromatic carbocycles. The number of rotatable bonds is 9. The maximum Gasteiger partial charge on any atom is 0.244 e. The van der Waals surface area contributed by atoms with E-state index in [0.717, 1.165) is 52.7 Å². The predicted molar refractivity (Wildman–Crippen MR) is 148 cm³/mol. The van der Waals surface area contributed by atoms with Gasteiger partial charge in [0.05, 0.1) is 17.0 Å². The third-order valence-corrected chi connectivity index (χ3v) is 8.39. The molecule has 0 saturated heterocycles. The standard InChI is InChI=1S/C25H30BrCl2N3O4S/c1-17(25(33)29-21-9-4-3-5-10-21)30(15-18-7-6-8-19(26)13-18)24(32)16-31(36(2,34)35)23-14-20(27)11-12-22(23)28/h6-8,11-14,17,21H,3-5,9-10,15-16H2,1-2H3,(H,29,33)/t17-/m0/s1. The van der Waals surface area contributed by atoms with Crippen molar-refractivity contribution in [1.82, 2.24) is 10.2 Å². The zero-order valence-electron chi connectivity index (χ0n) is 20.2. The Morgan fingerprint density at radius 3 is 2.44 bits per heavy atom. The van der Waals surface area contributed by atoms with Gasteiger partial charge in [0.15, 0.2) is 0 Å². The molecule has 1 N–H and O–H groups in total. The topological polar surface area (TPSA) is 86.8 Å². The lowest BCUT2D eigenvalue weighted by atomic mass is 9.95. The Hall–Kier alpha value is -1.81. The Labute approximate surface area is 231 Å². The van der Waals surface area contributed by atoms with Gasteiger partial charge in [0.1, 0.15) is 12.6 Å². The highest BCUT2D eigenvalue weighted by Crippen LogP contribution is 2.31. The summed E-state index contributed by atoms with van der Waals surface area (Å²) >= 11 is 15.8. The lowest BCUT2D eigenvalue weighted by Crippen LogP contribution is -2.53. The van der Waals surface area contributed by atoms with Crippen LogP contribution in [-0.2, 0) is 26.2 Å². The molecule has 1 aliphatic rings. The molecule has 1 atom stereocenters. The number of carbonyl (C=O) groups excluding carboxylic acids is 2. The molecular formula is C25H30BrCl2N3O4S. The van der Waals surface area contributed by atoms with E-state index in [1.807, 2.05) is 24.3 Å². The van der Waals surface area contributed by atoms with Crippen LogP contribution in [0.4, 0.5) is 5.69 Å². The highest BCUT2D eigenvalue weighted by molar-refractivity contribution is 9.10. The second kappa shape index (κ2) is 12.6. The third kappa shape index (κ3) is 7.84. The molecule has 0 heterocycles. The molecule has 2 aromatic rings. The second-order valence-electron chi connectivity index (χ2n) is 9.04. The monoisotopic (exact) mass is 617 g/mol. The van der Waals surface area contributed by atoms with E-state index in [-0.39, 0.29) is 34.2 Å². The van der Waals surface area contributed by atoms with Gasteiger partial charge in [-0.05, 0) is 55.7 Å². The average molecular weight is 619 g/mol. The van der Waals surface area contributed by atoms with Crippen molar-refractivity contribution < 1.29 is 18.0 Å². The smallest absolute Gasteiger partial charge is 0.244 e. The molecule has 1 fully saturated rings. The average Bonchev–Trinajstić information content (AvgIpc) is 2.82. The van der Waals surface area contributed by atoms with Crippen LogP contribution in [0.1, 0.15) is 44.6 Å². The molecule has 0 aromatic heterocycles. The summed E-state index contributed by atoms with van der Waals surface area (Å²) in [5.74, 6) is -0.806. The Bertz CT molecular complexity index is 1210. The van der Waals surface area contributed by atoms with Crippen LogP contribution >= 0.6 is 39.1 Å². The summed E-state index contributed by atoms with van der Waals surface area (Å²) in [6.07, 6.45) is 6.09. The molecule has 3 rings (SSSR count). The first-order valence-corrected chi connectivity index (χ1v) is 15.1. The fourth-order valence-corrected chi connectivity index (χ4v) is 5.99. The number of halogens is 3. The van der Waals surface area contributed by atoms with E-state index in [1.54, 1.807) is 6.92 Å². The fourth-order valence-electron chi connectivity index (χ4n) is 4.26. The summed E-state index contributed by atoms with van der Waals surface area (Å²) in [4.78, 5) is 28.2. The first-order valence-electron chi connectivity index (χ1n) is 11.7. The number of benzene rings is 2. The molecule has 1 aliphatic carbocycles. The van der Waals surface area contributed by atoms with Crippen LogP contribution in [0.5, 0.6) is 0 Å². The van der Waals surface area contributed by atoms with Gasteiger partial charge < -0.3 is 10.2 Å². The van der Waals surface area contributed by atoms with Crippen LogP contribution in [0.3, 0.4) is 0 Å². The molecule has 7 nitrogen and oxygen atoms in total. The fraction of sp³-hybridized carbons (Fsp3) is 0.440. The van der Waals surface area contributed by atoms with E-state index in [1.165, 1.54) is 23.1 Å². The van der Waals surface area contributed by atoms with Gasteiger partial charge in [-0.15, -0.1) is 0 Å². The number of sulfonamides is 1. The SMILES string of the molecule is C[C@@H](C(=O)NC1CCCCC1)N(Cc1cccc(Br)c1)C(=O)CN(c1cc(Cl)ccc1Cl)S(C)(=O)=O. The second-order valence-corrected chi connectivity index (χ2v) is 12.7. The highest BCUT2D eigenvalue weighted by atomic mass is 79.9. The largest absolute Gasteiger partial charge is 0.352 e. The third-order valence-electron chi connectivity index (χ3n) is 6.22. The lowest BCUT2D eigenvalue weighted by Gasteiger charge is -2.33. The van der Waals surface area contributed by atoms with E-state index in [0.29, 0.717) is 0 Å². The van der Waals surface area contributed by atoms with Gasteiger partial charge in [-0.2, -0.15) is 0 Å². The normalized spacial score (nSPS) is 15.2. The minimum absolute atomic E-state index is 0.0781. The molecule has 1 saturated carbocycles. The molecule has 11 heteroatoms. The van der Waals surface area contributed by atoms with Crippen molar-refractivity contribution in [2.24, 2.45) is 0 Å². The van der Waals surface area contributed by atoms with E-state index < -0.39 is 28.5 Å². The van der Waals surface area contributed by atoms with Gasteiger partial charge in [-0.3, -0.25) is 13.9 Å². The number of anilines is 1. The van der Waals surface area contributed by atoms with Crippen LogP contribution in [0.2, 0.25) is 10.0 Å². The van der Waals surface area contributed by atoms with Gasteiger partial charge >= 0.3 is 0 Å². The van der Waals surface area contributed by atoms with Crippen molar-refractivity contribution in [3.63, 3.8) is 0 Å². The van der Waals surface area contributed by atoms with E-state index in [2.05, 4.69) is 21.2 Å². The van der Waals surface area contributed by atoms with Crippen molar-refractivity contribution in [3.8, 4) is 0 Å². The van der Waals surface area contributed by atoms with Gasteiger partial charge in [0, 0.05) is 22.1 Å². The van der Waals surface area contributed by atoms with E-state index >= 15 is 0 Å². The number of nitrogens with zero attached hydrogens (tertiary/aromatic N) is 2.